The smallest absolute Gasteiger partial charge is 0.103 e. The van der Waals surface area contributed by atoms with Gasteiger partial charge in [-0.05, 0) is 18.6 Å². The van der Waals surface area contributed by atoms with Gasteiger partial charge in [-0.1, -0.05) is 42.0 Å². The van der Waals surface area contributed by atoms with Gasteiger partial charge < -0.3 is 5.73 Å². The summed E-state index contributed by atoms with van der Waals surface area (Å²) in [7, 11) is 0. The molecule has 0 fully saturated rings. The van der Waals surface area contributed by atoms with Gasteiger partial charge in [-0.3, -0.25) is 4.68 Å². The van der Waals surface area contributed by atoms with Crippen LogP contribution in [-0.4, -0.2) is 14.8 Å². The molecule has 0 saturated carbocycles. The van der Waals surface area contributed by atoms with E-state index >= 15 is 0 Å². The summed E-state index contributed by atoms with van der Waals surface area (Å²) in [4.78, 5) is 0.405. The van der Waals surface area contributed by atoms with Crippen molar-refractivity contribution in [3.63, 3.8) is 0 Å². The minimum absolute atomic E-state index is 0.405. The van der Waals surface area contributed by atoms with Crippen LogP contribution in [0.15, 0.2) is 30.5 Å². The van der Waals surface area contributed by atoms with E-state index in [1.165, 1.54) is 0 Å². The van der Waals surface area contributed by atoms with Crippen LogP contribution in [0.1, 0.15) is 16.8 Å². The second-order valence-corrected chi connectivity index (χ2v) is 4.65. The zero-order valence-electron chi connectivity index (χ0n) is 9.35. The molecule has 0 unspecified atom stereocenters. The van der Waals surface area contributed by atoms with E-state index < -0.39 is 0 Å². The molecule has 2 aromatic rings. The van der Waals surface area contributed by atoms with Crippen LogP contribution in [0.2, 0.25) is 5.02 Å². The van der Waals surface area contributed by atoms with Crippen molar-refractivity contribution < 1.29 is 0 Å². The molecule has 3 nitrogen and oxygen atoms in total. The zero-order valence-corrected chi connectivity index (χ0v) is 10.9. The second-order valence-electron chi connectivity index (χ2n) is 3.80. The van der Waals surface area contributed by atoms with Crippen molar-refractivity contribution in [2.75, 3.05) is 0 Å². The summed E-state index contributed by atoms with van der Waals surface area (Å²) in [5.74, 6) is 0. The van der Waals surface area contributed by atoms with Crippen LogP contribution in [0.25, 0.3) is 0 Å². The number of hydrogen-bond acceptors (Lipinski definition) is 2. The number of nitrogens with two attached hydrogens (primary N) is 1. The number of rotatable bonds is 3. The maximum absolute atomic E-state index is 5.95. The van der Waals surface area contributed by atoms with Crippen LogP contribution < -0.4 is 5.73 Å². The molecule has 1 aromatic heterocycles. The Hall–Kier alpha value is -1.39. The molecule has 0 spiro atoms. The lowest BCUT2D eigenvalue weighted by molar-refractivity contribution is 0.665. The van der Waals surface area contributed by atoms with E-state index in [1.54, 1.807) is 6.20 Å². The molecule has 0 radical (unpaired) electrons. The highest BCUT2D eigenvalue weighted by Gasteiger charge is 2.05. The summed E-state index contributed by atoms with van der Waals surface area (Å²) in [5.41, 5.74) is 8.51. The van der Waals surface area contributed by atoms with E-state index in [2.05, 4.69) is 5.10 Å². The predicted molar refractivity (Wildman–Crippen MR) is 73.4 cm³/mol. The third-order valence-corrected chi connectivity index (χ3v) is 3.19. The van der Waals surface area contributed by atoms with Gasteiger partial charge in [-0.2, -0.15) is 5.10 Å². The van der Waals surface area contributed by atoms with Gasteiger partial charge >= 0.3 is 0 Å². The van der Waals surface area contributed by atoms with Crippen molar-refractivity contribution >= 4 is 28.8 Å². The number of benzene rings is 1. The molecule has 0 bridgehead atoms. The number of nitrogens with zero attached hydrogens (tertiary/aromatic N) is 2. The van der Waals surface area contributed by atoms with Crippen molar-refractivity contribution in [2.45, 2.75) is 13.5 Å². The number of thiocarbonyl (C=S) groups is 1. The Labute approximate surface area is 110 Å². The summed E-state index contributed by atoms with van der Waals surface area (Å²) < 4.78 is 1.85. The molecule has 2 rings (SSSR count). The Morgan fingerprint density at radius 3 is 2.88 bits per heavy atom. The molecule has 0 atom stereocenters. The molecule has 0 aliphatic heterocycles. The summed E-state index contributed by atoms with van der Waals surface area (Å²) in [6, 6.07) is 7.81. The third-order valence-electron chi connectivity index (χ3n) is 2.59. The fourth-order valence-electron chi connectivity index (χ4n) is 1.58. The fourth-order valence-corrected chi connectivity index (χ4v) is 1.85. The van der Waals surface area contributed by atoms with Gasteiger partial charge in [0.05, 0.1) is 23.5 Å². The van der Waals surface area contributed by atoms with Gasteiger partial charge in [0.1, 0.15) is 4.99 Å². The van der Waals surface area contributed by atoms with Gasteiger partial charge in [-0.25, -0.2) is 0 Å². The quantitative estimate of drug-likeness (QED) is 0.868. The fraction of sp³-hybridized carbons (Fsp3) is 0.167. The monoisotopic (exact) mass is 265 g/mol. The van der Waals surface area contributed by atoms with Crippen LogP contribution in [0.5, 0.6) is 0 Å². The summed E-state index contributed by atoms with van der Waals surface area (Å²) in [5, 5.41) is 4.88. The highest BCUT2D eigenvalue weighted by molar-refractivity contribution is 7.80. The van der Waals surface area contributed by atoms with Gasteiger partial charge in [0.15, 0.2) is 0 Å². The van der Waals surface area contributed by atoms with Crippen molar-refractivity contribution in [1.29, 1.82) is 0 Å². The molecule has 1 aromatic carbocycles. The highest BCUT2D eigenvalue weighted by Crippen LogP contribution is 2.15. The Balaban J connectivity index is 2.27. The molecule has 88 valence electrons. The molecular formula is C12H12ClN3S. The van der Waals surface area contributed by atoms with E-state index in [1.807, 2.05) is 35.9 Å². The average Bonchev–Trinajstić information content (AvgIpc) is 2.61. The molecule has 0 saturated heterocycles. The maximum Gasteiger partial charge on any atom is 0.103 e. The highest BCUT2D eigenvalue weighted by atomic mass is 35.5. The Bertz CT molecular complexity index is 563. The van der Waals surface area contributed by atoms with Crippen LogP contribution in [0.3, 0.4) is 0 Å². The van der Waals surface area contributed by atoms with Gasteiger partial charge in [0.25, 0.3) is 0 Å². The van der Waals surface area contributed by atoms with Crippen molar-refractivity contribution in [3.8, 4) is 0 Å². The molecular weight excluding hydrogens is 254 g/mol. The molecule has 5 heteroatoms. The SMILES string of the molecule is Cc1c(Cl)cnn1Cc1cccc(C(N)=S)c1. The normalized spacial score (nSPS) is 10.5. The lowest BCUT2D eigenvalue weighted by Crippen LogP contribution is -2.10. The third kappa shape index (κ3) is 2.65. The topological polar surface area (TPSA) is 43.8 Å². The summed E-state index contributed by atoms with van der Waals surface area (Å²) >= 11 is 10.9. The maximum atomic E-state index is 5.95. The molecule has 0 aliphatic carbocycles. The van der Waals surface area contributed by atoms with E-state index in [0.29, 0.717) is 16.6 Å². The first-order valence-electron chi connectivity index (χ1n) is 5.14. The van der Waals surface area contributed by atoms with Crippen LogP contribution in [-0.2, 0) is 6.54 Å². The lowest BCUT2D eigenvalue weighted by Gasteiger charge is -2.06. The largest absolute Gasteiger partial charge is 0.389 e. The standard InChI is InChI=1S/C12H12ClN3S/c1-8-11(13)6-15-16(8)7-9-3-2-4-10(5-9)12(14)17/h2-6H,7H2,1H3,(H2,14,17). The van der Waals surface area contributed by atoms with E-state index in [9.17, 15) is 0 Å². The van der Waals surface area contributed by atoms with Crippen LogP contribution in [0.4, 0.5) is 0 Å². The van der Waals surface area contributed by atoms with Crippen LogP contribution >= 0.6 is 23.8 Å². The van der Waals surface area contributed by atoms with Crippen molar-refractivity contribution in [1.82, 2.24) is 9.78 Å². The summed E-state index contributed by atoms with van der Waals surface area (Å²) in [6.45, 7) is 2.60. The Kier molecular flexibility index (Phi) is 3.45. The Morgan fingerprint density at radius 2 is 2.29 bits per heavy atom. The van der Waals surface area contributed by atoms with Gasteiger partial charge in [0.2, 0.25) is 0 Å². The van der Waals surface area contributed by atoms with Crippen molar-refractivity contribution in [2.24, 2.45) is 5.73 Å². The minimum Gasteiger partial charge on any atom is -0.389 e. The van der Waals surface area contributed by atoms with Crippen LogP contribution in [0, 0.1) is 6.92 Å². The molecule has 17 heavy (non-hydrogen) atoms. The Morgan fingerprint density at radius 1 is 1.53 bits per heavy atom. The predicted octanol–water partition coefficient (Wildman–Crippen LogP) is 2.53. The first-order chi connectivity index (χ1) is 8.08. The number of hydrogen-bond donors (Lipinski definition) is 1. The molecule has 1 heterocycles. The number of aromatic nitrogens is 2. The average molecular weight is 266 g/mol. The minimum atomic E-state index is 0.405. The second kappa shape index (κ2) is 4.85. The van der Waals surface area contributed by atoms with E-state index in [-0.39, 0.29) is 0 Å². The van der Waals surface area contributed by atoms with Gasteiger partial charge in [-0.15, -0.1) is 0 Å². The lowest BCUT2D eigenvalue weighted by atomic mass is 10.1. The first kappa shape index (κ1) is 12.1. The summed E-state index contributed by atoms with van der Waals surface area (Å²) in [6.07, 6.45) is 1.65. The molecule has 0 amide bonds. The van der Waals surface area contributed by atoms with E-state index in [0.717, 1.165) is 16.8 Å². The van der Waals surface area contributed by atoms with Crippen molar-refractivity contribution in [3.05, 3.63) is 52.3 Å². The number of halogens is 1. The molecule has 0 aliphatic rings. The first-order valence-corrected chi connectivity index (χ1v) is 5.93. The van der Waals surface area contributed by atoms with Gasteiger partial charge in [0, 0.05) is 5.56 Å². The zero-order chi connectivity index (χ0) is 12.4. The van der Waals surface area contributed by atoms with E-state index in [4.69, 9.17) is 29.6 Å². The molecule has 2 N–H and O–H groups in total.